The van der Waals surface area contributed by atoms with E-state index in [1.54, 1.807) is 18.3 Å². The summed E-state index contributed by atoms with van der Waals surface area (Å²) >= 11 is 1.55. The first-order valence-electron chi connectivity index (χ1n) is 2.66. The number of aliphatic hydroxyl groups excluding tert-OH is 1. The molecule has 0 fully saturated rings. The molecule has 0 aromatic carbocycles. The molecule has 0 spiro atoms. The Bertz CT molecular complexity index is 158. The summed E-state index contributed by atoms with van der Waals surface area (Å²) in [7, 11) is 0. The van der Waals surface area contributed by atoms with Gasteiger partial charge in [0.1, 0.15) is 5.75 Å². The molecule has 0 aliphatic heterocycles. The van der Waals surface area contributed by atoms with Gasteiger partial charge in [-0.25, -0.2) is 0 Å². The number of aliphatic hydroxyl groups is 1. The van der Waals surface area contributed by atoms with E-state index in [0.29, 0.717) is 0 Å². The number of rotatable bonds is 2. The summed E-state index contributed by atoms with van der Waals surface area (Å²) in [6.07, 6.45) is -0.709. The Balaban J connectivity index is 2.48. The van der Waals surface area contributed by atoms with E-state index >= 15 is 0 Å². The molecule has 1 N–H and O–H groups in total. The van der Waals surface area contributed by atoms with Crippen LogP contribution in [0.25, 0.3) is 0 Å². The van der Waals surface area contributed by atoms with Crippen LogP contribution < -0.4 is 4.74 Å². The van der Waals surface area contributed by atoms with Gasteiger partial charge in [-0.05, 0) is 18.4 Å². The predicted molar refractivity (Wildman–Crippen MR) is 36.6 cm³/mol. The molecular weight excluding hydrogens is 136 g/mol. The van der Waals surface area contributed by atoms with Crippen LogP contribution in [-0.2, 0) is 0 Å². The maximum Gasteiger partial charge on any atom is 0.194 e. The lowest BCUT2D eigenvalue weighted by Crippen LogP contribution is -2.08. The Morgan fingerprint density at radius 3 is 3.00 bits per heavy atom. The summed E-state index contributed by atoms with van der Waals surface area (Å²) in [5, 5.41) is 12.4. The van der Waals surface area contributed by atoms with Crippen molar-refractivity contribution in [2.45, 2.75) is 13.2 Å². The zero-order valence-electron chi connectivity index (χ0n) is 5.07. The molecule has 0 aliphatic carbocycles. The number of hydrogen-bond donors (Lipinski definition) is 1. The van der Waals surface area contributed by atoms with Crippen LogP contribution in [0, 0.1) is 0 Å². The summed E-state index contributed by atoms with van der Waals surface area (Å²) in [6, 6.07) is 1.82. The van der Waals surface area contributed by atoms with E-state index in [4.69, 9.17) is 9.84 Å². The predicted octanol–water partition coefficient (Wildman–Crippen LogP) is 1.47. The van der Waals surface area contributed by atoms with E-state index in [1.165, 1.54) is 0 Å². The van der Waals surface area contributed by atoms with E-state index in [1.807, 2.05) is 16.8 Å². The fraction of sp³-hybridized carbons (Fsp3) is 0.333. The highest BCUT2D eigenvalue weighted by molar-refractivity contribution is 7.08. The van der Waals surface area contributed by atoms with E-state index in [2.05, 4.69) is 0 Å². The second-order valence-electron chi connectivity index (χ2n) is 1.68. The molecule has 9 heavy (non-hydrogen) atoms. The van der Waals surface area contributed by atoms with Crippen molar-refractivity contribution >= 4 is 11.3 Å². The van der Waals surface area contributed by atoms with Crippen molar-refractivity contribution in [3.05, 3.63) is 16.8 Å². The van der Waals surface area contributed by atoms with Crippen LogP contribution in [0.15, 0.2) is 16.8 Å². The van der Waals surface area contributed by atoms with Crippen LogP contribution in [0.2, 0.25) is 0 Å². The van der Waals surface area contributed by atoms with Crippen LogP contribution in [0.5, 0.6) is 5.75 Å². The van der Waals surface area contributed by atoms with E-state index in [9.17, 15) is 0 Å². The van der Waals surface area contributed by atoms with Crippen molar-refractivity contribution in [3.8, 4) is 5.75 Å². The van der Waals surface area contributed by atoms with Gasteiger partial charge in [-0.15, -0.1) is 11.3 Å². The second-order valence-corrected chi connectivity index (χ2v) is 2.46. The molecule has 1 unspecified atom stereocenters. The summed E-state index contributed by atoms with van der Waals surface area (Å²) in [6.45, 7) is 1.58. The largest absolute Gasteiger partial charge is 0.465 e. The van der Waals surface area contributed by atoms with Gasteiger partial charge >= 0.3 is 0 Å². The Kier molecular flexibility index (Phi) is 2.08. The maximum absolute atomic E-state index is 8.71. The molecule has 0 saturated carbocycles. The molecule has 1 aromatic rings. The van der Waals surface area contributed by atoms with Gasteiger partial charge in [0.15, 0.2) is 6.29 Å². The fourth-order valence-corrected chi connectivity index (χ4v) is 1.08. The highest BCUT2D eigenvalue weighted by Crippen LogP contribution is 2.15. The highest BCUT2D eigenvalue weighted by Gasteiger charge is 1.95. The standard InChI is InChI=1S/C6H8O2S/c1-5(7)8-6-2-3-9-4-6/h2-5,7H,1H3. The van der Waals surface area contributed by atoms with Gasteiger partial charge in [-0.2, -0.15) is 0 Å². The molecule has 1 aromatic heterocycles. The monoisotopic (exact) mass is 144 g/mol. The van der Waals surface area contributed by atoms with Crippen molar-refractivity contribution in [2.24, 2.45) is 0 Å². The molecule has 0 radical (unpaired) electrons. The number of hydrogen-bond acceptors (Lipinski definition) is 3. The molecule has 0 amide bonds. The number of thiophene rings is 1. The molecular formula is C6H8O2S. The molecule has 1 rings (SSSR count). The summed E-state index contributed by atoms with van der Waals surface area (Å²) < 4.78 is 4.92. The third kappa shape index (κ3) is 2.03. The summed E-state index contributed by atoms with van der Waals surface area (Å²) in [4.78, 5) is 0. The van der Waals surface area contributed by atoms with E-state index in [-0.39, 0.29) is 0 Å². The minimum atomic E-state index is -0.709. The minimum Gasteiger partial charge on any atom is -0.465 e. The van der Waals surface area contributed by atoms with Crippen molar-refractivity contribution in [2.75, 3.05) is 0 Å². The molecule has 1 heterocycles. The zero-order chi connectivity index (χ0) is 6.69. The van der Waals surface area contributed by atoms with Gasteiger partial charge in [-0.3, -0.25) is 0 Å². The molecule has 0 bridgehead atoms. The molecule has 1 atom stereocenters. The first kappa shape index (κ1) is 6.58. The smallest absolute Gasteiger partial charge is 0.194 e. The van der Waals surface area contributed by atoms with Crippen LogP contribution in [-0.4, -0.2) is 11.4 Å². The Morgan fingerprint density at radius 2 is 2.56 bits per heavy atom. The lowest BCUT2D eigenvalue weighted by atomic mass is 10.6. The Morgan fingerprint density at radius 1 is 1.78 bits per heavy atom. The van der Waals surface area contributed by atoms with Gasteiger partial charge in [0, 0.05) is 5.38 Å². The third-order valence-corrected chi connectivity index (χ3v) is 1.46. The lowest BCUT2D eigenvalue weighted by Gasteiger charge is -2.04. The first-order chi connectivity index (χ1) is 4.29. The quantitative estimate of drug-likeness (QED) is 0.637. The SMILES string of the molecule is CC(O)Oc1ccsc1. The summed E-state index contributed by atoms with van der Waals surface area (Å²) in [5.41, 5.74) is 0. The van der Waals surface area contributed by atoms with Crippen LogP contribution in [0.1, 0.15) is 6.92 Å². The van der Waals surface area contributed by atoms with Gasteiger partial charge in [0.05, 0.1) is 0 Å². The Labute approximate surface area is 57.7 Å². The van der Waals surface area contributed by atoms with Crippen LogP contribution in [0.4, 0.5) is 0 Å². The molecule has 3 heteroatoms. The van der Waals surface area contributed by atoms with Gasteiger partial charge < -0.3 is 9.84 Å². The topological polar surface area (TPSA) is 29.5 Å². The van der Waals surface area contributed by atoms with E-state index < -0.39 is 6.29 Å². The lowest BCUT2D eigenvalue weighted by molar-refractivity contribution is 0.0000545. The second kappa shape index (κ2) is 2.85. The van der Waals surface area contributed by atoms with Crippen molar-refractivity contribution in [3.63, 3.8) is 0 Å². The average molecular weight is 144 g/mol. The zero-order valence-corrected chi connectivity index (χ0v) is 5.89. The average Bonchev–Trinajstić information content (AvgIpc) is 2.15. The van der Waals surface area contributed by atoms with Crippen LogP contribution in [0.3, 0.4) is 0 Å². The normalized spacial score (nSPS) is 13.1. The first-order valence-corrected chi connectivity index (χ1v) is 3.60. The highest BCUT2D eigenvalue weighted by atomic mass is 32.1. The molecule has 0 aliphatic rings. The summed E-state index contributed by atoms with van der Waals surface area (Å²) in [5.74, 6) is 0.731. The van der Waals surface area contributed by atoms with Crippen molar-refractivity contribution < 1.29 is 9.84 Å². The van der Waals surface area contributed by atoms with Crippen molar-refractivity contribution in [1.29, 1.82) is 0 Å². The number of ether oxygens (including phenoxy) is 1. The fourth-order valence-electron chi connectivity index (χ4n) is 0.516. The van der Waals surface area contributed by atoms with Crippen molar-refractivity contribution in [1.82, 2.24) is 0 Å². The van der Waals surface area contributed by atoms with Gasteiger partial charge in [0.25, 0.3) is 0 Å². The molecule has 50 valence electrons. The molecule has 0 saturated heterocycles. The van der Waals surface area contributed by atoms with E-state index in [0.717, 1.165) is 5.75 Å². The molecule has 2 nitrogen and oxygen atoms in total. The third-order valence-electron chi connectivity index (χ3n) is 0.802. The minimum absolute atomic E-state index is 0.709. The Hall–Kier alpha value is -0.540. The van der Waals surface area contributed by atoms with Gasteiger partial charge in [-0.1, -0.05) is 0 Å². The van der Waals surface area contributed by atoms with Gasteiger partial charge in [0.2, 0.25) is 0 Å². The maximum atomic E-state index is 8.71. The van der Waals surface area contributed by atoms with Crippen LogP contribution >= 0.6 is 11.3 Å².